The Kier molecular flexibility index (Phi) is 12.8. The second kappa shape index (κ2) is 17.5. The van der Waals surface area contributed by atoms with E-state index >= 15 is 0 Å². The smallest absolute Gasteiger partial charge is 0.272 e. The highest BCUT2D eigenvalue weighted by molar-refractivity contribution is 7.15. The van der Waals surface area contributed by atoms with Gasteiger partial charge >= 0.3 is 0 Å². The maximum absolute atomic E-state index is 13.9. The minimum absolute atomic E-state index is 0.0190. The molecule has 4 heterocycles. The summed E-state index contributed by atoms with van der Waals surface area (Å²) < 4.78 is 15.0. The average Bonchev–Trinajstić information content (AvgIpc) is 3.83. The fourth-order valence-electron chi connectivity index (χ4n) is 5.99. The van der Waals surface area contributed by atoms with Crippen molar-refractivity contribution in [1.82, 2.24) is 45.2 Å². The van der Waals surface area contributed by atoms with E-state index in [0.717, 1.165) is 4.96 Å². The summed E-state index contributed by atoms with van der Waals surface area (Å²) in [5.74, 6) is -1.12. The molecule has 0 fully saturated rings. The van der Waals surface area contributed by atoms with Crippen LogP contribution in [0.3, 0.4) is 0 Å². The zero-order valence-corrected chi connectivity index (χ0v) is 30.9. The number of hydrogen-bond acceptors (Lipinski definition) is 11. The molecule has 4 bridgehead atoms. The molecule has 3 aromatic heterocycles. The molecule has 1 aliphatic rings. The Morgan fingerprint density at radius 1 is 1.10 bits per heavy atom. The minimum Gasteiger partial charge on any atom is -0.493 e. The van der Waals surface area contributed by atoms with Crippen molar-refractivity contribution in [3.05, 3.63) is 58.6 Å². The predicted octanol–water partition coefficient (Wildman–Crippen LogP) is 2.34. The normalized spacial score (nSPS) is 19.3. The van der Waals surface area contributed by atoms with Gasteiger partial charge in [-0.3, -0.25) is 28.3 Å². The van der Waals surface area contributed by atoms with E-state index < -0.39 is 35.9 Å². The third-order valence-electron chi connectivity index (χ3n) is 8.67. The number of ether oxygens (including phenoxy) is 2. The number of aliphatic hydroxyl groups is 1. The maximum atomic E-state index is 13.9. The Morgan fingerprint density at radius 2 is 1.88 bits per heavy atom. The van der Waals surface area contributed by atoms with Gasteiger partial charge < -0.3 is 35.4 Å². The van der Waals surface area contributed by atoms with Crippen LogP contribution in [0.1, 0.15) is 78.7 Å². The summed E-state index contributed by atoms with van der Waals surface area (Å²) in [5.41, 5.74) is 1.95. The standard InChI is InChI=1S/C35H47N9O7S/c1-21(2)17-26-32(47)39-29(23(4)45)33(48)36-11-6-7-12-42(34(49)30-22(3)37-35-44(30)15-16-52-35)13-8-14-43-19-25(40-41-43)20-51-28-18-24(31(46)38-26)9-10-27(28)50-5/h9-10,15-16,18-19,21,23,26,29,45H,6-8,11-14,17,20H2,1-5H3,(H,36,48)(H,38,46)(H,39,47)/t23-,26-,29+/m1/s1. The lowest BCUT2D eigenvalue weighted by Crippen LogP contribution is -2.57. The van der Waals surface area contributed by atoms with Crippen molar-refractivity contribution >= 4 is 39.9 Å². The number of aromatic nitrogens is 5. The van der Waals surface area contributed by atoms with Gasteiger partial charge in [0.05, 0.1) is 25.1 Å². The molecule has 0 saturated carbocycles. The Morgan fingerprint density at radius 3 is 2.63 bits per heavy atom. The molecule has 0 unspecified atom stereocenters. The molecule has 0 radical (unpaired) electrons. The maximum Gasteiger partial charge on any atom is 0.272 e. The Hall–Kier alpha value is -5.03. The number of nitrogens with zero attached hydrogens (tertiary/aromatic N) is 6. The molecular weight excluding hydrogens is 691 g/mol. The van der Waals surface area contributed by atoms with E-state index in [1.165, 1.54) is 31.4 Å². The van der Waals surface area contributed by atoms with Crippen LogP contribution >= 0.6 is 11.3 Å². The highest BCUT2D eigenvalue weighted by Crippen LogP contribution is 2.29. The van der Waals surface area contributed by atoms with Crippen molar-refractivity contribution in [1.29, 1.82) is 0 Å². The van der Waals surface area contributed by atoms with Gasteiger partial charge in [-0.15, -0.1) is 16.4 Å². The fraction of sp³-hybridized carbons (Fsp3) is 0.514. The third-order valence-corrected chi connectivity index (χ3v) is 9.43. The van der Waals surface area contributed by atoms with Gasteiger partial charge in [0.2, 0.25) is 11.8 Å². The summed E-state index contributed by atoms with van der Waals surface area (Å²) in [6.45, 7) is 8.73. The lowest BCUT2D eigenvalue weighted by atomic mass is 10.0. The van der Waals surface area contributed by atoms with Gasteiger partial charge in [0, 0.05) is 43.3 Å². The summed E-state index contributed by atoms with van der Waals surface area (Å²) >= 11 is 1.46. The first-order valence-electron chi connectivity index (χ1n) is 17.4. The number of thiazole rings is 1. The number of hydrogen-bond donors (Lipinski definition) is 4. The van der Waals surface area contributed by atoms with E-state index in [0.29, 0.717) is 67.5 Å². The molecule has 52 heavy (non-hydrogen) atoms. The number of methoxy groups -OCH3 is 1. The molecule has 280 valence electrons. The van der Waals surface area contributed by atoms with Crippen LogP contribution in [0.15, 0.2) is 36.0 Å². The second-order valence-electron chi connectivity index (χ2n) is 13.3. The molecule has 5 rings (SSSR count). The SMILES string of the molecule is COc1ccc2cc1OCc1cn(nn1)CCCN(C(=O)c1c(C)nc3sccn13)CCCCNC(=O)[C@H]([C@@H](C)O)NC(=O)[C@@H](CC(C)C)NC2=O. The molecule has 0 aliphatic carbocycles. The molecule has 4 N–H and O–H groups in total. The van der Waals surface area contributed by atoms with Crippen molar-refractivity contribution in [2.24, 2.45) is 5.92 Å². The number of aryl methyl sites for hydroxylation is 2. The van der Waals surface area contributed by atoms with E-state index in [2.05, 4.69) is 31.2 Å². The summed E-state index contributed by atoms with van der Waals surface area (Å²) in [6.07, 6.45) is 4.39. The number of imidazole rings is 1. The molecule has 0 spiro atoms. The first-order valence-corrected chi connectivity index (χ1v) is 18.3. The third kappa shape index (κ3) is 9.44. The van der Waals surface area contributed by atoms with Crippen LogP contribution in [-0.4, -0.2) is 103 Å². The van der Waals surface area contributed by atoms with Gasteiger partial charge in [0.25, 0.3) is 11.8 Å². The van der Waals surface area contributed by atoms with Crippen LogP contribution in [0.4, 0.5) is 0 Å². The van der Waals surface area contributed by atoms with Gasteiger partial charge in [-0.05, 0) is 63.6 Å². The van der Waals surface area contributed by atoms with E-state index in [1.54, 1.807) is 27.9 Å². The van der Waals surface area contributed by atoms with Crippen LogP contribution in [0.2, 0.25) is 0 Å². The van der Waals surface area contributed by atoms with Crippen molar-refractivity contribution in [3.8, 4) is 11.5 Å². The average molecular weight is 738 g/mol. The summed E-state index contributed by atoms with van der Waals surface area (Å²) in [4.78, 5) is 61.1. The van der Waals surface area contributed by atoms with Crippen LogP contribution < -0.4 is 25.4 Å². The predicted molar refractivity (Wildman–Crippen MR) is 192 cm³/mol. The van der Waals surface area contributed by atoms with Gasteiger partial charge in [0.15, 0.2) is 16.5 Å². The Balaban J connectivity index is 1.39. The number of fused-ring (bicyclic) bond motifs is 5. The number of nitrogens with one attached hydrogen (secondary N) is 3. The van der Waals surface area contributed by atoms with E-state index in [1.807, 2.05) is 36.7 Å². The van der Waals surface area contributed by atoms with Crippen molar-refractivity contribution in [3.63, 3.8) is 0 Å². The summed E-state index contributed by atoms with van der Waals surface area (Å²) in [7, 11) is 1.49. The second-order valence-corrected chi connectivity index (χ2v) is 14.1. The molecule has 0 saturated heterocycles. The highest BCUT2D eigenvalue weighted by Gasteiger charge is 2.31. The summed E-state index contributed by atoms with van der Waals surface area (Å²) in [6, 6.07) is 2.43. The first kappa shape index (κ1) is 38.2. The van der Waals surface area contributed by atoms with Crippen LogP contribution in [0.5, 0.6) is 11.5 Å². The minimum atomic E-state index is -1.25. The number of benzene rings is 1. The van der Waals surface area contributed by atoms with E-state index in [-0.39, 0.29) is 37.0 Å². The van der Waals surface area contributed by atoms with Crippen LogP contribution in [0, 0.1) is 12.8 Å². The lowest BCUT2D eigenvalue weighted by Gasteiger charge is -2.26. The van der Waals surface area contributed by atoms with Crippen molar-refractivity contribution < 1.29 is 33.8 Å². The molecule has 1 aliphatic heterocycles. The Bertz CT molecular complexity index is 1870. The molecular formula is C35H47N9O7S. The van der Waals surface area contributed by atoms with E-state index in [9.17, 15) is 24.3 Å². The Labute approximate surface area is 305 Å². The van der Waals surface area contributed by atoms with Crippen molar-refractivity contribution in [2.45, 2.75) is 84.7 Å². The topological polar surface area (TPSA) is 194 Å². The number of rotatable bonds is 5. The largest absolute Gasteiger partial charge is 0.493 e. The van der Waals surface area contributed by atoms with Crippen LogP contribution in [-0.2, 0) is 22.7 Å². The molecule has 4 amide bonds. The monoisotopic (exact) mass is 737 g/mol. The summed E-state index contributed by atoms with van der Waals surface area (Å²) in [5, 5.41) is 29.1. The lowest BCUT2D eigenvalue weighted by molar-refractivity contribution is -0.132. The quantitative estimate of drug-likeness (QED) is 0.236. The molecule has 16 nitrogen and oxygen atoms in total. The van der Waals surface area contributed by atoms with Gasteiger partial charge in [-0.2, -0.15) is 0 Å². The number of aliphatic hydroxyl groups excluding tert-OH is 1. The number of carbonyl (C=O) groups excluding carboxylic acids is 4. The van der Waals surface area contributed by atoms with Gasteiger partial charge in [0.1, 0.15) is 30.1 Å². The van der Waals surface area contributed by atoms with Crippen LogP contribution in [0.25, 0.3) is 4.96 Å². The molecule has 3 atom stereocenters. The highest BCUT2D eigenvalue weighted by atomic mass is 32.1. The van der Waals surface area contributed by atoms with E-state index in [4.69, 9.17) is 9.47 Å². The van der Waals surface area contributed by atoms with Gasteiger partial charge in [-0.1, -0.05) is 19.1 Å². The fourth-order valence-corrected chi connectivity index (χ4v) is 6.75. The van der Waals surface area contributed by atoms with Gasteiger partial charge in [-0.25, -0.2) is 4.98 Å². The zero-order chi connectivity index (χ0) is 37.4. The number of amides is 4. The molecule has 17 heteroatoms. The zero-order valence-electron chi connectivity index (χ0n) is 30.1. The first-order chi connectivity index (χ1) is 24.9. The number of carbonyl (C=O) groups is 4. The molecule has 1 aromatic carbocycles. The molecule has 4 aromatic rings. The van der Waals surface area contributed by atoms with Crippen molar-refractivity contribution in [2.75, 3.05) is 26.7 Å².